The molecule has 0 N–H and O–H groups in total. The lowest BCUT2D eigenvalue weighted by Gasteiger charge is -2.36. The minimum atomic E-state index is -4.41. The molecule has 1 atom stereocenters. The van der Waals surface area contributed by atoms with Crippen molar-refractivity contribution in [2.24, 2.45) is 0 Å². The van der Waals surface area contributed by atoms with Gasteiger partial charge in [0.25, 0.3) is 0 Å². The molecule has 7 nitrogen and oxygen atoms in total. The Balaban J connectivity index is 1.17. The van der Waals surface area contributed by atoms with Gasteiger partial charge in [-0.25, -0.2) is 0 Å². The maximum atomic E-state index is 13.0. The second-order valence-electron chi connectivity index (χ2n) is 12.7. The number of halogens is 4. The molecule has 1 heterocycles. The van der Waals surface area contributed by atoms with Crippen molar-refractivity contribution in [3.05, 3.63) is 153 Å². The smallest absolute Gasteiger partial charge is 0.416 e. The third kappa shape index (κ3) is 8.81. The van der Waals surface area contributed by atoms with Crippen molar-refractivity contribution in [2.75, 3.05) is 13.1 Å². The monoisotopic (exact) mass is 726 g/mol. The lowest BCUT2D eigenvalue weighted by Crippen LogP contribution is -2.35. The first-order chi connectivity index (χ1) is 25.0. The van der Waals surface area contributed by atoms with Gasteiger partial charge >= 0.3 is 6.18 Å². The van der Waals surface area contributed by atoms with Gasteiger partial charge in [0.1, 0.15) is 12.4 Å². The van der Waals surface area contributed by atoms with Crippen LogP contribution in [-0.4, -0.2) is 34.9 Å². The number of aryl methyl sites for hydroxylation is 1. The van der Waals surface area contributed by atoms with Crippen LogP contribution in [0.3, 0.4) is 0 Å². The van der Waals surface area contributed by atoms with Gasteiger partial charge in [-0.3, -0.25) is 9.88 Å². The summed E-state index contributed by atoms with van der Waals surface area (Å²) in [5.41, 5.74) is 5.03. The van der Waals surface area contributed by atoms with Gasteiger partial charge in [-0.05, 0) is 95.8 Å². The van der Waals surface area contributed by atoms with Gasteiger partial charge in [-0.1, -0.05) is 84.4 Å². The number of fused-ring (bicyclic) bond motifs is 1. The molecule has 0 fully saturated rings. The fourth-order valence-corrected chi connectivity index (χ4v) is 6.83. The highest BCUT2D eigenvalue weighted by molar-refractivity contribution is 6.31. The molecule has 268 valence electrons. The van der Waals surface area contributed by atoms with Crippen molar-refractivity contribution in [1.29, 1.82) is 0 Å². The normalized spacial score (nSPS) is 14.2. The summed E-state index contributed by atoms with van der Waals surface area (Å²) in [6.45, 7) is 1.48. The number of carbonyl (C=O) groups excluding carboxylic acids is 2. The van der Waals surface area contributed by atoms with Crippen molar-refractivity contribution in [1.82, 2.24) is 9.88 Å². The maximum Gasteiger partial charge on any atom is 0.416 e. The van der Waals surface area contributed by atoms with Gasteiger partial charge in [-0.2, -0.15) is 13.2 Å². The van der Waals surface area contributed by atoms with Crippen LogP contribution in [0.4, 0.5) is 13.2 Å². The Morgan fingerprint density at radius 1 is 0.827 bits per heavy atom. The molecular weight excluding hydrogens is 693 g/mol. The molecular formula is C41H34ClF3N2O5-2. The standard InChI is InChI=1S/C41H36ClF3N2O5/c42-34-24-30(27-14-16-32(17-15-27)41(43,44)45)12-13-31(34)25-52-38-7-2-1-4-28(38)21-23-47(22-20-26-8-10-29(11-9-26)39(48)49)37-6-3-5-35-33(37)18-19-36(46-35)40(50)51/h1-2,4,7-19,24,37H,3,5-6,20-23,25H2,(H,48,49)(H,50,51)/p-2/t37-/m0/s1. The quantitative estimate of drug-likeness (QED) is 0.130. The summed E-state index contributed by atoms with van der Waals surface area (Å²) in [7, 11) is 0. The minimum Gasteiger partial charge on any atom is -0.545 e. The number of nitrogens with zero attached hydrogens (tertiary/aromatic N) is 2. The molecule has 0 radical (unpaired) electrons. The topological polar surface area (TPSA) is 106 Å². The Bertz CT molecular complexity index is 2050. The second kappa shape index (κ2) is 16.0. The van der Waals surface area contributed by atoms with Crippen LogP contribution in [0.1, 0.15) is 73.2 Å². The van der Waals surface area contributed by atoms with Gasteiger partial charge in [0.2, 0.25) is 0 Å². The van der Waals surface area contributed by atoms with E-state index in [4.69, 9.17) is 16.3 Å². The maximum absolute atomic E-state index is 13.0. The van der Waals surface area contributed by atoms with Crippen LogP contribution >= 0.6 is 11.6 Å². The van der Waals surface area contributed by atoms with E-state index in [9.17, 15) is 33.0 Å². The zero-order valence-corrected chi connectivity index (χ0v) is 28.8. The summed E-state index contributed by atoms with van der Waals surface area (Å²) >= 11 is 6.62. The number of rotatable bonds is 13. The van der Waals surface area contributed by atoms with E-state index in [2.05, 4.69) is 9.88 Å². The molecule has 0 saturated carbocycles. The SMILES string of the molecule is O=C([O-])c1ccc(CCN(CCc2ccccc2OCc2ccc(-c3ccc(C(F)(F)F)cc3)cc2Cl)[C@H]2CCCc3nc(C(=O)[O-])ccc32)cc1. The number of aromatic nitrogens is 1. The van der Waals surface area contributed by atoms with E-state index in [1.54, 1.807) is 42.5 Å². The molecule has 1 aromatic heterocycles. The van der Waals surface area contributed by atoms with Crippen molar-refractivity contribution in [3.63, 3.8) is 0 Å². The Hall–Kier alpha value is -5.19. The number of ether oxygens (including phenoxy) is 1. The Morgan fingerprint density at radius 3 is 2.23 bits per heavy atom. The number of aromatic carboxylic acids is 2. The average Bonchev–Trinajstić information content (AvgIpc) is 3.14. The molecule has 5 aromatic rings. The van der Waals surface area contributed by atoms with Gasteiger partial charge in [0.15, 0.2) is 0 Å². The van der Waals surface area contributed by atoms with E-state index in [1.165, 1.54) is 18.2 Å². The zero-order chi connectivity index (χ0) is 36.8. The van der Waals surface area contributed by atoms with Crippen molar-refractivity contribution in [3.8, 4) is 16.9 Å². The van der Waals surface area contributed by atoms with E-state index in [-0.39, 0.29) is 23.9 Å². The highest BCUT2D eigenvalue weighted by Crippen LogP contribution is 2.35. The number of alkyl halides is 3. The predicted octanol–water partition coefficient (Wildman–Crippen LogP) is 6.89. The summed E-state index contributed by atoms with van der Waals surface area (Å²) < 4.78 is 45.3. The van der Waals surface area contributed by atoms with Crippen LogP contribution in [-0.2, 0) is 32.0 Å². The van der Waals surface area contributed by atoms with E-state index in [1.807, 2.05) is 30.3 Å². The van der Waals surface area contributed by atoms with E-state index < -0.39 is 23.7 Å². The van der Waals surface area contributed by atoms with E-state index in [0.29, 0.717) is 54.3 Å². The Labute approximate surface area is 304 Å². The number of carbonyl (C=O) groups is 2. The minimum absolute atomic E-state index is 0.00962. The molecule has 0 spiro atoms. The molecule has 1 aliphatic rings. The average molecular weight is 727 g/mol. The molecule has 0 saturated heterocycles. The van der Waals surface area contributed by atoms with E-state index >= 15 is 0 Å². The van der Waals surface area contributed by atoms with Crippen molar-refractivity contribution >= 4 is 23.5 Å². The van der Waals surface area contributed by atoms with Crippen molar-refractivity contribution in [2.45, 2.75) is 50.9 Å². The van der Waals surface area contributed by atoms with Gasteiger partial charge < -0.3 is 24.5 Å². The third-order valence-corrected chi connectivity index (χ3v) is 9.76. The number of hydrogen-bond donors (Lipinski definition) is 0. The highest BCUT2D eigenvalue weighted by atomic mass is 35.5. The van der Waals surface area contributed by atoms with Crippen LogP contribution in [0.25, 0.3) is 11.1 Å². The summed E-state index contributed by atoms with van der Waals surface area (Å²) in [6, 6.07) is 28.0. The predicted molar refractivity (Wildman–Crippen MR) is 187 cm³/mol. The van der Waals surface area contributed by atoms with Crippen LogP contribution < -0.4 is 14.9 Å². The zero-order valence-electron chi connectivity index (χ0n) is 28.0. The van der Waals surface area contributed by atoms with Crippen LogP contribution in [0, 0.1) is 0 Å². The van der Waals surface area contributed by atoms with Crippen LogP contribution in [0.15, 0.2) is 103 Å². The fourth-order valence-electron chi connectivity index (χ4n) is 6.60. The molecule has 11 heteroatoms. The summed E-state index contributed by atoms with van der Waals surface area (Å²) in [6.07, 6.45) is -0.736. The van der Waals surface area contributed by atoms with Gasteiger partial charge in [-0.15, -0.1) is 0 Å². The first kappa shape index (κ1) is 36.6. The number of carboxylic acid groups (broad SMARTS) is 2. The molecule has 0 bridgehead atoms. The fraction of sp³-hybridized carbons (Fsp3) is 0.244. The lowest BCUT2D eigenvalue weighted by atomic mass is 9.89. The first-order valence-corrected chi connectivity index (χ1v) is 17.3. The molecule has 6 rings (SSSR count). The van der Waals surface area contributed by atoms with E-state index in [0.717, 1.165) is 52.9 Å². The Kier molecular flexibility index (Phi) is 11.3. The van der Waals surface area contributed by atoms with Crippen LogP contribution in [0.2, 0.25) is 5.02 Å². The number of hydrogen-bond acceptors (Lipinski definition) is 7. The molecule has 0 amide bonds. The molecule has 4 aromatic carbocycles. The summed E-state index contributed by atoms with van der Waals surface area (Å²) in [5, 5.41) is 23.2. The molecule has 1 aliphatic carbocycles. The summed E-state index contributed by atoms with van der Waals surface area (Å²) in [4.78, 5) is 29.5. The van der Waals surface area contributed by atoms with Gasteiger partial charge in [0, 0.05) is 35.4 Å². The lowest BCUT2D eigenvalue weighted by molar-refractivity contribution is -0.256. The molecule has 0 aliphatic heterocycles. The second-order valence-corrected chi connectivity index (χ2v) is 13.1. The number of benzene rings is 4. The number of carboxylic acids is 2. The Morgan fingerprint density at radius 2 is 1.54 bits per heavy atom. The van der Waals surface area contributed by atoms with Gasteiger partial charge in [0.05, 0.1) is 23.2 Å². The summed E-state index contributed by atoms with van der Waals surface area (Å²) in [5.74, 6) is -1.85. The van der Waals surface area contributed by atoms with Crippen LogP contribution in [0.5, 0.6) is 5.75 Å². The number of para-hydroxylation sites is 1. The van der Waals surface area contributed by atoms with Crippen molar-refractivity contribution < 1.29 is 37.7 Å². The molecule has 0 unspecified atom stereocenters. The number of pyridine rings is 1. The molecule has 52 heavy (non-hydrogen) atoms. The largest absolute Gasteiger partial charge is 0.545 e. The third-order valence-electron chi connectivity index (χ3n) is 9.41. The first-order valence-electron chi connectivity index (χ1n) is 16.9. The highest BCUT2D eigenvalue weighted by Gasteiger charge is 2.30.